The molecule has 3 aromatic rings. The lowest BCUT2D eigenvalue weighted by Gasteiger charge is -2.35. The average Bonchev–Trinajstić information content (AvgIpc) is 2.69. The molecule has 1 aliphatic heterocycles. The van der Waals surface area contributed by atoms with Crippen LogP contribution in [-0.2, 0) is 6.54 Å². The van der Waals surface area contributed by atoms with Gasteiger partial charge in [0.05, 0.1) is 5.56 Å². The number of carbonyl (C=O) groups is 1. The van der Waals surface area contributed by atoms with Gasteiger partial charge in [0.1, 0.15) is 11.6 Å². The van der Waals surface area contributed by atoms with Crippen molar-refractivity contribution in [2.75, 3.05) is 31.1 Å². The van der Waals surface area contributed by atoms with E-state index in [1.54, 1.807) is 24.4 Å². The predicted molar refractivity (Wildman–Crippen MR) is 105 cm³/mol. The summed E-state index contributed by atoms with van der Waals surface area (Å²) in [5.74, 6) is -0.307. The lowest BCUT2D eigenvalue weighted by atomic mass is 10.1. The molecule has 4 rings (SSSR count). The summed E-state index contributed by atoms with van der Waals surface area (Å²) in [6.07, 6.45) is 1.65. The normalized spacial score (nSPS) is 15.1. The zero-order valence-corrected chi connectivity index (χ0v) is 15.2. The Morgan fingerprint density at radius 1 is 1.18 bits per heavy atom. The first-order chi connectivity index (χ1) is 13.5. The van der Waals surface area contributed by atoms with Gasteiger partial charge in [-0.2, -0.15) is 0 Å². The molecule has 0 bridgehead atoms. The monoisotopic (exact) mass is 381 g/mol. The SMILES string of the molecule is NC(=O)c1cccnc1N1CCN(Cc2cc(=O)c3cc(F)ccc3[nH]2)CC1. The van der Waals surface area contributed by atoms with E-state index in [2.05, 4.69) is 14.9 Å². The molecule has 1 aromatic carbocycles. The number of rotatable bonds is 4. The van der Waals surface area contributed by atoms with Crippen molar-refractivity contribution in [3.8, 4) is 0 Å². The number of H-pyrrole nitrogens is 1. The van der Waals surface area contributed by atoms with E-state index >= 15 is 0 Å². The third-order valence-corrected chi connectivity index (χ3v) is 4.97. The molecule has 2 aromatic heterocycles. The highest BCUT2D eigenvalue weighted by molar-refractivity contribution is 5.97. The maximum atomic E-state index is 13.3. The van der Waals surface area contributed by atoms with Gasteiger partial charge < -0.3 is 15.6 Å². The minimum atomic E-state index is -0.490. The molecule has 144 valence electrons. The van der Waals surface area contributed by atoms with E-state index in [1.807, 2.05) is 4.90 Å². The minimum Gasteiger partial charge on any atom is -0.365 e. The molecule has 0 unspecified atom stereocenters. The van der Waals surface area contributed by atoms with Crippen LogP contribution in [0, 0.1) is 5.82 Å². The summed E-state index contributed by atoms with van der Waals surface area (Å²) in [6, 6.07) is 9.07. The summed E-state index contributed by atoms with van der Waals surface area (Å²) in [7, 11) is 0. The topological polar surface area (TPSA) is 95.3 Å². The highest BCUT2D eigenvalue weighted by Gasteiger charge is 2.22. The first-order valence-corrected chi connectivity index (χ1v) is 9.05. The number of anilines is 1. The molecule has 1 amide bonds. The number of carbonyl (C=O) groups excluding carboxylic acids is 1. The molecule has 3 heterocycles. The number of aromatic amines is 1. The van der Waals surface area contributed by atoms with Crippen molar-refractivity contribution in [2.24, 2.45) is 5.73 Å². The molecular weight excluding hydrogens is 361 g/mol. The van der Waals surface area contributed by atoms with Gasteiger partial charge in [0.25, 0.3) is 5.91 Å². The van der Waals surface area contributed by atoms with Crippen molar-refractivity contribution in [3.63, 3.8) is 0 Å². The third kappa shape index (κ3) is 3.59. The largest absolute Gasteiger partial charge is 0.365 e. The number of primary amides is 1. The van der Waals surface area contributed by atoms with Crippen LogP contribution in [0.2, 0.25) is 0 Å². The van der Waals surface area contributed by atoms with Crippen LogP contribution in [-0.4, -0.2) is 47.0 Å². The van der Waals surface area contributed by atoms with E-state index in [4.69, 9.17) is 5.73 Å². The van der Waals surface area contributed by atoms with E-state index in [0.717, 1.165) is 18.8 Å². The number of hydrogen-bond donors (Lipinski definition) is 2. The van der Waals surface area contributed by atoms with E-state index < -0.39 is 11.7 Å². The van der Waals surface area contributed by atoms with Crippen LogP contribution in [0.15, 0.2) is 47.4 Å². The Morgan fingerprint density at radius 3 is 2.71 bits per heavy atom. The van der Waals surface area contributed by atoms with Crippen molar-refractivity contribution >= 4 is 22.6 Å². The number of hydrogen-bond acceptors (Lipinski definition) is 5. The fraction of sp³-hybridized carbons (Fsp3) is 0.250. The Kier molecular flexibility index (Phi) is 4.79. The lowest BCUT2D eigenvalue weighted by molar-refractivity contribution is 0.1000. The average molecular weight is 381 g/mol. The van der Waals surface area contributed by atoms with E-state index in [0.29, 0.717) is 41.9 Å². The minimum absolute atomic E-state index is 0.193. The van der Waals surface area contributed by atoms with Crippen LogP contribution in [0.25, 0.3) is 10.9 Å². The number of piperazine rings is 1. The third-order valence-electron chi connectivity index (χ3n) is 4.97. The zero-order valence-electron chi connectivity index (χ0n) is 15.2. The Morgan fingerprint density at radius 2 is 1.96 bits per heavy atom. The molecule has 0 aliphatic carbocycles. The molecule has 0 atom stereocenters. The number of fused-ring (bicyclic) bond motifs is 1. The van der Waals surface area contributed by atoms with Gasteiger partial charge in [-0.3, -0.25) is 14.5 Å². The summed E-state index contributed by atoms with van der Waals surface area (Å²) in [5.41, 5.74) is 7.08. The van der Waals surface area contributed by atoms with Crippen molar-refractivity contribution in [1.82, 2.24) is 14.9 Å². The second kappa shape index (κ2) is 7.40. The van der Waals surface area contributed by atoms with Crippen LogP contribution < -0.4 is 16.1 Å². The molecule has 7 nitrogen and oxygen atoms in total. The number of nitrogens with two attached hydrogens (primary N) is 1. The molecule has 8 heteroatoms. The summed E-state index contributed by atoms with van der Waals surface area (Å²) in [4.78, 5) is 35.7. The number of nitrogens with zero attached hydrogens (tertiary/aromatic N) is 3. The van der Waals surface area contributed by atoms with Gasteiger partial charge in [-0.05, 0) is 30.3 Å². The maximum absolute atomic E-state index is 13.3. The van der Waals surface area contributed by atoms with Crippen LogP contribution in [0.5, 0.6) is 0 Å². The molecular formula is C20H20FN5O2. The van der Waals surface area contributed by atoms with Gasteiger partial charge in [0, 0.05) is 61.6 Å². The van der Waals surface area contributed by atoms with Gasteiger partial charge in [-0.25, -0.2) is 9.37 Å². The second-order valence-electron chi connectivity index (χ2n) is 6.85. The van der Waals surface area contributed by atoms with Crippen molar-refractivity contribution in [2.45, 2.75) is 6.54 Å². The van der Waals surface area contributed by atoms with Gasteiger partial charge in [-0.15, -0.1) is 0 Å². The molecule has 3 N–H and O–H groups in total. The number of halogens is 1. The number of pyridine rings is 2. The number of benzene rings is 1. The summed E-state index contributed by atoms with van der Waals surface area (Å²) >= 11 is 0. The van der Waals surface area contributed by atoms with E-state index in [-0.39, 0.29) is 5.43 Å². The fourth-order valence-corrected chi connectivity index (χ4v) is 3.56. The quantitative estimate of drug-likeness (QED) is 0.714. The van der Waals surface area contributed by atoms with Gasteiger partial charge in [0.2, 0.25) is 0 Å². The lowest BCUT2D eigenvalue weighted by Crippen LogP contribution is -2.47. The van der Waals surface area contributed by atoms with E-state index in [9.17, 15) is 14.0 Å². The zero-order chi connectivity index (χ0) is 19.7. The molecule has 1 fully saturated rings. The van der Waals surface area contributed by atoms with Crippen molar-refractivity contribution < 1.29 is 9.18 Å². The van der Waals surface area contributed by atoms with Crippen LogP contribution in [0.4, 0.5) is 10.2 Å². The van der Waals surface area contributed by atoms with Gasteiger partial charge >= 0.3 is 0 Å². The van der Waals surface area contributed by atoms with Crippen molar-refractivity contribution in [1.29, 1.82) is 0 Å². The molecule has 0 radical (unpaired) electrons. The number of nitrogens with one attached hydrogen (secondary N) is 1. The highest BCUT2D eigenvalue weighted by Crippen LogP contribution is 2.19. The highest BCUT2D eigenvalue weighted by atomic mass is 19.1. The number of aromatic nitrogens is 2. The second-order valence-corrected chi connectivity index (χ2v) is 6.85. The molecule has 1 aliphatic rings. The fourth-order valence-electron chi connectivity index (χ4n) is 3.56. The summed E-state index contributed by atoms with van der Waals surface area (Å²) in [5, 5.41) is 0.350. The Labute approximate surface area is 160 Å². The summed E-state index contributed by atoms with van der Waals surface area (Å²) < 4.78 is 13.3. The molecule has 0 spiro atoms. The summed E-state index contributed by atoms with van der Waals surface area (Å²) in [6.45, 7) is 3.47. The van der Waals surface area contributed by atoms with Crippen molar-refractivity contribution in [3.05, 3.63) is 69.9 Å². The molecule has 0 saturated carbocycles. The smallest absolute Gasteiger partial charge is 0.252 e. The molecule has 28 heavy (non-hydrogen) atoms. The number of amides is 1. The Balaban J connectivity index is 1.47. The van der Waals surface area contributed by atoms with Crippen LogP contribution >= 0.6 is 0 Å². The molecule has 1 saturated heterocycles. The first-order valence-electron chi connectivity index (χ1n) is 9.05. The standard InChI is InChI=1S/C20H20FN5O2/c21-13-3-4-17-16(10-13)18(27)11-14(24-17)12-25-6-8-26(9-7-25)20-15(19(22)28)2-1-5-23-20/h1-5,10-11H,6-9,12H2,(H2,22,28)(H,24,27). The maximum Gasteiger partial charge on any atom is 0.252 e. The van der Waals surface area contributed by atoms with Crippen LogP contribution in [0.1, 0.15) is 16.1 Å². The Hall–Kier alpha value is -3.26. The Bertz CT molecular complexity index is 1090. The van der Waals surface area contributed by atoms with Crippen LogP contribution in [0.3, 0.4) is 0 Å². The van der Waals surface area contributed by atoms with Gasteiger partial charge in [0.15, 0.2) is 5.43 Å². The predicted octanol–water partition coefficient (Wildman–Crippen LogP) is 1.48. The van der Waals surface area contributed by atoms with E-state index in [1.165, 1.54) is 18.2 Å². The first kappa shape index (κ1) is 18.1. The van der Waals surface area contributed by atoms with Gasteiger partial charge in [-0.1, -0.05) is 0 Å².